The fourth-order valence-electron chi connectivity index (χ4n) is 3.73. The smallest absolute Gasteiger partial charge is 0.0426 e. The largest absolute Gasteiger partial charge is 0.122 e. The summed E-state index contributed by atoms with van der Waals surface area (Å²) < 4.78 is 0. The summed E-state index contributed by atoms with van der Waals surface area (Å²) in [5, 5.41) is 0.762. The van der Waals surface area contributed by atoms with Crippen LogP contribution < -0.4 is 0 Å². The molecule has 0 amide bonds. The summed E-state index contributed by atoms with van der Waals surface area (Å²) >= 11 is 6.08. The predicted molar refractivity (Wildman–Crippen MR) is 94.3 cm³/mol. The SMILES string of the molecule is BrC1c2ccccc2CCC1CC1Cc2ccccc2S1. The van der Waals surface area contributed by atoms with E-state index in [0.717, 1.165) is 11.2 Å². The molecule has 4 rings (SSSR count). The average Bonchev–Trinajstić information content (AvgIpc) is 2.93. The van der Waals surface area contributed by atoms with Crippen LogP contribution in [0.15, 0.2) is 53.4 Å². The van der Waals surface area contributed by atoms with Gasteiger partial charge in [0, 0.05) is 15.0 Å². The van der Waals surface area contributed by atoms with Crippen LogP contribution in [0.5, 0.6) is 0 Å². The molecule has 2 aromatic rings. The second kappa shape index (κ2) is 5.81. The van der Waals surface area contributed by atoms with Crippen LogP contribution in [0, 0.1) is 5.92 Å². The van der Waals surface area contributed by atoms with Crippen LogP contribution in [0.1, 0.15) is 34.4 Å². The summed E-state index contributed by atoms with van der Waals surface area (Å²) in [5.41, 5.74) is 4.61. The van der Waals surface area contributed by atoms with E-state index in [1.165, 1.54) is 41.7 Å². The molecule has 2 aromatic carbocycles. The minimum absolute atomic E-state index is 0.534. The normalized spacial score (nSPS) is 27.2. The number of hydrogen-bond acceptors (Lipinski definition) is 1. The van der Waals surface area contributed by atoms with Gasteiger partial charge in [0.2, 0.25) is 0 Å². The van der Waals surface area contributed by atoms with Gasteiger partial charge in [-0.2, -0.15) is 0 Å². The maximum absolute atomic E-state index is 3.99. The van der Waals surface area contributed by atoms with E-state index in [-0.39, 0.29) is 0 Å². The van der Waals surface area contributed by atoms with Gasteiger partial charge >= 0.3 is 0 Å². The van der Waals surface area contributed by atoms with Crippen molar-refractivity contribution >= 4 is 27.7 Å². The Labute approximate surface area is 139 Å². The van der Waals surface area contributed by atoms with E-state index < -0.39 is 0 Å². The molecule has 0 spiro atoms. The Hall–Kier alpha value is -0.730. The van der Waals surface area contributed by atoms with Crippen molar-refractivity contribution in [2.24, 2.45) is 5.92 Å². The molecular formula is C19H19BrS. The van der Waals surface area contributed by atoms with Gasteiger partial charge in [-0.15, -0.1) is 11.8 Å². The molecule has 0 saturated carbocycles. The minimum Gasteiger partial charge on any atom is -0.122 e. The number of benzene rings is 2. The van der Waals surface area contributed by atoms with Crippen molar-refractivity contribution in [3.63, 3.8) is 0 Å². The number of rotatable bonds is 2. The van der Waals surface area contributed by atoms with Crippen molar-refractivity contribution in [1.82, 2.24) is 0 Å². The molecule has 0 aromatic heterocycles. The van der Waals surface area contributed by atoms with Crippen molar-refractivity contribution in [3.8, 4) is 0 Å². The third kappa shape index (κ3) is 2.68. The Kier molecular flexibility index (Phi) is 3.85. The quantitative estimate of drug-likeness (QED) is 0.612. The average molecular weight is 359 g/mol. The molecule has 2 aliphatic rings. The van der Waals surface area contributed by atoms with Gasteiger partial charge in [0.05, 0.1) is 0 Å². The first-order valence-corrected chi connectivity index (χ1v) is 9.57. The molecule has 0 bridgehead atoms. The number of aryl methyl sites for hydroxylation is 1. The maximum atomic E-state index is 3.99. The first kappa shape index (κ1) is 13.9. The molecule has 1 heterocycles. The summed E-state index contributed by atoms with van der Waals surface area (Å²) in [6, 6.07) is 17.9. The van der Waals surface area contributed by atoms with Crippen molar-refractivity contribution in [1.29, 1.82) is 0 Å². The fraction of sp³-hybridized carbons (Fsp3) is 0.368. The topological polar surface area (TPSA) is 0 Å². The van der Waals surface area contributed by atoms with Gasteiger partial charge in [0.1, 0.15) is 0 Å². The summed E-state index contributed by atoms with van der Waals surface area (Å²) in [5.74, 6) is 0.770. The molecule has 0 N–H and O–H groups in total. The second-order valence-electron chi connectivity index (χ2n) is 6.19. The molecule has 0 saturated heterocycles. The van der Waals surface area contributed by atoms with Crippen molar-refractivity contribution < 1.29 is 0 Å². The third-order valence-corrected chi connectivity index (χ3v) is 7.42. The number of thioether (sulfide) groups is 1. The second-order valence-corrected chi connectivity index (χ2v) is 8.52. The third-order valence-electron chi connectivity index (χ3n) is 4.83. The number of alkyl halides is 1. The van der Waals surface area contributed by atoms with E-state index in [0.29, 0.717) is 4.83 Å². The summed E-state index contributed by atoms with van der Waals surface area (Å²) in [7, 11) is 0. The molecule has 21 heavy (non-hydrogen) atoms. The fourth-order valence-corrected chi connectivity index (χ4v) is 6.08. The van der Waals surface area contributed by atoms with Crippen molar-refractivity contribution in [2.45, 2.75) is 40.7 Å². The molecule has 2 heteroatoms. The van der Waals surface area contributed by atoms with Crippen LogP contribution in [-0.4, -0.2) is 5.25 Å². The highest BCUT2D eigenvalue weighted by Gasteiger charge is 2.31. The van der Waals surface area contributed by atoms with E-state index in [2.05, 4.69) is 76.2 Å². The van der Waals surface area contributed by atoms with E-state index in [9.17, 15) is 0 Å². The van der Waals surface area contributed by atoms with Crippen molar-refractivity contribution in [3.05, 3.63) is 65.2 Å². The van der Waals surface area contributed by atoms with Gasteiger partial charge in [-0.25, -0.2) is 0 Å². The van der Waals surface area contributed by atoms with Gasteiger partial charge in [-0.3, -0.25) is 0 Å². The molecule has 0 fully saturated rings. The van der Waals surface area contributed by atoms with Crippen LogP contribution in [0.25, 0.3) is 0 Å². The zero-order valence-corrected chi connectivity index (χ0v) is 14.4. The Morgan fingerprint density at radius 2 is 1.76 bits per heavy atom. The molecule has 1 aliphatic heterocycles. The Morgan fingerprint density at radius 3 is 2.62 bits per heavy atom. The highest BCUT2D eigenvalue weighted by atomic mass is 79.9. The Balaban J connectivity index is 1.48. The van der Waals surface area contributed by atoms with Crippen LogP contribution in [-0.2, 0) is 12.8 Å². The van der Waals surface area contributed by atoms with E-state index in [1.54, 1.807) is 5.56 Å². The zero-order valence-electron chi connectivity index (χ0n) is 12.0. The number of hydrogen-bond donors (Lipinski definition) is 0. The summed E-state index contributed by atoms with van der Waals surface area (Å²) in [6.45, 7) is 0. The molecule has 108 valence electrons. The highest BCUT2D eigenvalue weighted by molar-refractivity contribution is 9.09. The van der Waals surface area contributed by atoms with Gasteiger partial charge in [-0.1, -0.05) is 58.4 Å². The maximum Gasteiger partial charge on any atom is 0.0426 e. The Bertz CT molecular complexity index is 627. The molecule has 0 nitrogen and oxygen atoms in total. The first-order valence-electron chi connectivity index (χ1n) is 7.77. The van der Waals surface area contributed by atoms with Crippen LogP contribution in [0.3, 0.4) is 0 Å². The first-order chi connectivity index (χ1) is 10.3. The lowest BCUT2D eigenvalue weighted by molar-refractivity contribution is 0.419. The Morgan fingerprint density at radius 1 is 1.00 bits per heavy atom. The standard InChI is InChI=1S/C19H19BrS/c20-19-15(10-9-13-5-1-3-7-17(13)19)12-16-11-14-6-2-4-8-18(14)21-16/h1-8,15-16,19H,9-12H2. The predicted octanol–water partition coefficient (Wildman–Crippen LogP) is 5.79. The van der Waals surface area contributed by atoms with E-state index >= 15 is 0 Å². The van der Waals surface area contributed by atoms with Gasteiger partial charge < -0.3 is 0 Å². The summed E-state index contributed by atoms with van der Waals surface area (Å²) in [4.78, 5) is 2.04. The molecule has 1 aliphatic carbocycles. The molecule has 3 unspecified atom stereocenters. The number of halogens is 1. The number of fused-ring (bicyclic) bond motifs is 2. The van der Waals surface area contributed by atoms with Crippen molar-refractivity contribution in [2.75, 3.05) is 0 Å². The van der Waals surface area contributed by atoms with Gasteiger partial charge in [-0.05, 0) is 54.4 Å². The van der Waals surface area contributed by atoms with Gasteiger partial charge in [0.15, 0.2) is 0 Å². The summed E-state index contributed by atoms with van der Waals surface area (Å²) in [6.07, 6.45) is 5.13. The lowest BCUT2D eigenvalue weighted by Crippen LogP contribution is -2.20. The lowest BCUT2D eigenvalue weighted by atomic mass is 9.81. The van der Waals surface area contributed by atoms with E-state index in [4.69, 9.17) is 0 Å². The monoisotopic (exact) mass is 358 g/mol. The molecule has 0 radical (unpaired) electrons. The van der Waals surface area contributed by atoms with Crippen LogP contribution in [0.2, 0.25) is 0 Å². The van der Waals surface area contributed by atoms with E-state index in [1.807, 2.05) is 0 Å². The zero-order chi connectivity index (χ0) is 14.2. The molecule has 3 atom stereocenters. The lowest BCUT2D eigenvalue weighted by Gasteiger charge is -2.31. The molecular weight excluding hydrogens is 340 g/mol. The highest BCUT2D eigenvalue weighted by Crippen LogP contribution is 2.47. The van der Waals surface area contributed by atoms with Gasteiger partial charge in [0.25, 0.3) is 0 Å². The van der Waals surface area contributed by atoms with Crippen LogP contribution in [0.4, 0.5) is 0 Å². The minimum atomic E-state index is 0.534. The van der Waals surface area contributed by atoms with Crippen LogP contribution >= 0.6 is 27.7 Å².